The van der Waals surface area contributed by atoms with E-state index >= 15 is 0 Å². The molecule has 2 atom stereocenters. The van der Waals surface area contributed by atoms with E-state index in [2.05, 4.69) is 26.6 Å². The number of nitrogens with one attached hydrogen (secondary N) is 2. The molecule has 1 heterocycles. The van der Waals surface area contributed by atoms with Crippen LogP contribution >= 0.6 is 15.9 Å². The van der Waals surface area contributed by atoms with Crippen LogP contribution in [0.3, 0.4) is 0 Å². The molecule has 0 spiro atoms. The van der Waals surface area contributed by atoms with Gasteiger partial charge in [-0.3, -0.25) is 4.79 Å². The Morgan fingerprint density at radius 1 is 1.60 bits per heavy atom. The fourth-order valence-corrected chi connectivity index (χ4v) is 2.42. The largest absolute Gasteiger partial charge is 0.492 e. The molecule has 1 fully saturated rings. The Labute approximate surface area is 127 Å². The monoisotopic (exact) mass is 342 g/mol. The highest BCUT2D eigenvalue weighted by molar-refractivity contribution is 9.10. The van der Waals surface area contributed by atoms with Crippen molar-refractivity contribution in [3.63, 3.8) is 0 Å². The van der Waals surface area contributed by atoms with E-state index < -0.39 is 0 Å². The van der Waals surface area contributed by atoms with Crippen LogP contribution in [-0.4, -0.2) is 44.4 Å². The van der Waals surface area contributed by atoms with Gasteiger partial charge in [0.05, 0.1) is 19.3 Å². The van der Waals surface area contributed by atoms with Crippen LogP contribution in [0.25, 0.3) is 0 Å². The van der Waals surface area contributed by atoms with Crippen LogP contribution < -0.4 is 15.4 Å². The van der Waals surface area contributed by atoms with Crippen molar-refractivity contribution in [3.8, 4) is 5.75 Å². The molecule has 1 aliphatic rings. The molecular formula is C14H19BrN2O3. The minimum Gasteiger partial charge on any atom is -0.492 e. The first-order valence-corrected chi connectivity index (χ1v) is 7.47. The van der Waals surface area contributed by atoms with E-state index in [4.69, 9.17) is 9.47 Å². The third kappa shape index (κ3) is 4.47. The average Bonchev–Trinajstić information content (AvgIpc) is 2.44. The van der Waals surface area contributed by atoms with E-state index in [0.717, 1.165) is 10.2 Å². The number of halogens is 1. The van der Waals surface area contributed by atoms with Crippen molar-refractivity contribution < 1.29 is 14.3 Å². The molecule has 1 aromatic rings. The number of hydrogen-bond acceptors (Lipinski definition) is 4. The van der Waals surface area contributed by atoms with Crippen LogP contribution in [0, 0.1) is 0 Å². The zero-order valence-electron chi connectivity index (χ0n) is 11.4. The maximum Gasteiger partial charge on any atom is 0.239 e. The Kier molecular flexibility index (Phi) is 5.82. The van der Waals surface area contributed by atoms with Crippen molar-refractivity contribution in [2.24, 2.45) is 0 Å². The Hall–Kier alpha value is -1.11. The van der Waals surface area contributed by atoms with E-state index in [1.165, 1.54) is 0 Å². The van der Waals surface area contributed by atoms with Crippen molar-refractivity contribution >= 4 is 21.8 Å². The van der Waals surface area contributed by atoms with Gasteiger partial charge in [0.25, 0.3) is 0 Å². The van der Waals surface area contributed by atoms with Gasteiger partial charge >= 0.3 is 0 Å². The number of amides is 1. The Balaban J connectivity index is 1.69. The molecule has 110 valence electrons. The molecular weight excluding hydrogens is 324 g/mol. The van der Waals surface area contributed by atoms with Crippen LogP contribution in [0.1, 0.15) is 6.92 Å². The van der Waals surface area contributed by atoms with E-state index in [1.807, 2.05) is 31.2 Å². The van der Waals surface area contributed by atoms with Gasteiger partial charge in [-0.1, -0.05) is 22.0 Å². The highest BCUT2D eigenvalue weighted by Crippen LogP contribution is 2.17. The summed E-state index contributed by atoms with van der Waals surface area (Å²) in [6.07, 6.45) is -0.102. The lowest BCUT2D eigenvalue weighted by Crippen LogP contribution is -2.55. The molecule has 1 aromatic carbocycles. The van der Waals surface area contributed by atoms with Gasteiger partial charge in [0.2, 0.25) is 5.91 Å². The second kappa shape index (κ2) is 7.61. The molecule has 1 saturated heterocycles. The lowest BCUT2D eigenvalue weighted by Gasteiger charge is -2.29. The highest BCUT2D eigenvalue weighted by atomic mass is 79.9. The van der Waals surface area contributed by atoms with Gasteiger partial charge < -0.3 is 20.1 Å². The SMILES string of the molecule is C[C@H]1OCCN[C@@H]1C(=O)NCCOc1cccc(Br)c1. The Bertz CT molecular complexity index is 456. The first-order valence-electron chi connectivity index (χ1n) is 6.68. The van der Waals surface area contributed by atoms with Crippen molar-refractivity contribution in [3.05, 3.63) is 28.7 Å². The predicted molar refractivity (Wildman–Crippen MR) is 79.9 cm³/mol. The second-order valence-corrected chi connectivity index (χ2v) is 5.52. The molecule has 0 saturated carbocycles. The maximum atomic E-state index is 12.0. The first-order chi connectivity index (χ1) is 9.66. The number of carbonyl (C=O) groups is 1. The van der Waals surface area contributed by atoms with Gasteiger partial charge in [-0.25, -0.2) is 0 Å². The van der Waals surface area contributed by atoms with E-state index in [0.29, 0.717) is 26.3 Å². The van der Waals surface area contributed by atoms with Gasteiger partial charge in [-0.15, -0.1) is 0 Å². The number of carbonyl (C=O) groups excluding carboxylic acids is 1. The summed E-state index contributed by atoms with van der Waals surface area (Å²) in [6, 6.07) is 7.33. The minimum atomic E-state index is -0.283. The van der Waals surface area contributed by atoms with Crippen molar-refractivity contribution in [1.82, 2.24) is 10.6 Å². The number of hydrogen-bond donors (Lipinski definition) is 2. The normalized spacial score (nSPS) is 22.3. The average molecular weight is 343 g/mol. The van der Waals surface area contributed by atoms with Gasteiger partial charge in [0, 0.05) is 11.0 Å². The molecule has 0 bridgehead atoms. The van der Waals surface area contributed by atoms with Crippen LogP contribution in [0.4, 0.5) is 0 Å². The smallest absolute Gasteiger partial charge is 0.239 e. The van der Waals surface area contributed by atoms with Crippen molar-refractivity contribution in [2.45, 2.75) is 19.1 Å². The molecule has 0 unspecified atom stereocenters. The number of benzene rings is 1. The summed E-state index contributed by atoms with van der Waals surface area (Å²) in [5, 5.41) is 6.00. The maximum absolute atomic E-state index is 12.0. The number of morpholine rings is 1. The summed E-state index contributed by atoms with van der Waals surface area (Å²) in [5.74, 6) is 0.733. The first kappa shape index (κ1) is 15.3. The lowest BCUT2D eigenvalue weighted by atomic mass is 10.1. The molecule has 0 aromatic heterocycles. The number of ether oxygens (including phenoxy) is 2. The van der Waals surface area contributed by atoms with Gasteiger partial charge in [0.15, 0.2) is 0 Å². The molecule has 20 heavy (non-hydrogen) atoms. The van der Waals surface area contributed by atoms with E-state index in [-0.39, 0.29) is 18.1 Å². The van der Waals surface area contributed by atoms with Crippen molar-refractivity contribution in [1.29, 1.82) is 0 Å². The molecule has 2 N–H and O–H groups in total. The third-order valence-corrected chi connectivity index (χ3v) is 3.56. The Morgan fingerprint density at radius 2 is 2.45 bits per heavy atom. The predicted octanol–water partition coefficient (Wildman–Crippen LogP) is 1.32. The topological polar surface area (TPSA) is 59.6 Å². The molecule has 0 radical (unpaired) electrons. The molecule has 2 rings (SSSR count). The second-order valence-electron chi connectivity index (χ2n) is 4.60. The van der Waals surface area contributed by atoms with Gasteiger partial charge in [-0.05, 0) is 25.1 Å². The summed E-state index contributed by atoms with van der Waals surface area (Å²) in [4.78, 5) is 12.0. The Morgan fingerprint density at radius 3 is 3.20 bits per heavy atom. The van der Waals surface area contributed by atoms with Gasteiger partial charge in [-0.2, -0.15) is 0 Å². The standard InChI is InChI=1S/C14H19BrN2O3/c1-10-13(16-5-7-19-10)14(18)17-6-8-20-12-4-2-3-11(15)9-12/h2-4,9-10,13,16H,5-8H2,1H3,(H,17,18)/t10-,13+/m1/s1. The quantitative estimate of drug-likeness (QED) is 0.792. The summed E-state index contributed by atoms with van der Waals surface area (Å²) in [6.45, 7) is 4.16. The number of rotatable bonds is 5. The zero-order chi connectivity index (χ0) is 14.4. The zero-order valence-corrected chi connectivity index (χ0v) is 13.0. The fraction of sp³-hybridized carbons (Fsp3) is 0.500. The summed E-state index contributed by atoms with van der Waals surface area (Å²) < 4.78 is 12.0. The fourth-order valence-electron chi connectivity index (χ4n) is 2.04. The van der Waals surface area contributed by atoms with Crippen LogP contribution in [-0.2, 0) is 9.53 Å². The van der Waals surface area contributed by atoms with Crippen LogP contribution in [0.2, 0.25) is 0 Å². The summed E-state index contributed by atoms with van der Waals surface area (Å²) in [5.41, 5.74) is 0. The van der Waals surface area contributed by atoms with Crippen LogP contribution in [0.5, 0.6) is 5.75 Å². The lowest BCUT2D eigenvalue weighted by molar-refractivity contribution is -0.129. The van der Waals surface area contributed by atoms with Crippen LogP contribution in [0.15, 0.2) is 28.7 Å². The molecule has 5 nitrogen and oxygen atoms in total. The van der Waals surface area contributed by atoms with Crippen molar-refractivity contribution in [2.75, 3.05) is 26.3 Å². The van der Waals surface area contributed by atoms with E-state index in [1.54, 1.807) is 0 Å². The molecule has 1 amide bonds. The van der Waals surface area contributed by atoms with Gasteiger partial charge in [0.1, 0.15) is 18.4 Å². The summed E-state index contributed by atoms with van der Waals surface area (Å²) >= 11 is 3.38. The highest BCUT2D eigenvalue weighted by Gasteiger charge is 2.27. The molecule has 1 aliphatic heterocycles. The third-order valence-electron chi connectivity index (χ3n) is 3.07. The summed E-state index contributed by atoms with van der Waals surface area (Å²) in [7, 11) is 0. The molecule has 6 heteroatoms. The minimum absolute atomic E-state index is 0.0463. The van der Waals surface area contributed by atoms with E-state index in [9.17, 15) is 4.79 Å². The molecule has 0 aliphatic carbocycles.